The molecule has 0 radical (unpaired) electrons. The van der Waals surface area contributed by atoms with E-state index in [1.807, 2.05) is 40.6 Å². The van der Waals surface area contributed by atoms with E-state index < -0.39 is 0 Å². The van der Waals surface area contributed by atoms with Gasteiger partial charge in [-0.3, -0.25) is 9.59 Å². The van der Waals surface area contributed by atoms with Gasteiger partial charge in [0, 0.05) is 43.0 Å². The monoisotopic (exact) mass is 412 g/mol. The van der Waals surface area contributed by atoms with Crippen LogP contribution >= 0.6 is 11.3 Å². The highest BCUT2D eigenvalue weighted by molar-refractivity contribution is 7.09. The van der Waals surface area contributed by atoms with Crippen molar-refractivity contribution in [1.82, 2.24) is 10.2 Å². The molecule has 3 heterocycles. The van der Waals surface area contributed by atoms with Crippen LogP contribution in [0.4, 0.5) is 0 Å². The second-order valence-electron chi connectivity index (χ2n) is 8.08. The number of hydrogen-bond donors (Lipinski definition) is 1. The maximum atomic E-state index is 13.1. The lowest BCUT2D eigenvalue weighted by atomic mass is 9.72. The average Bonchev–Trinajstić information content (AvgIpc) is 3.40. The van der Waals surface area contributed by atoms with Gasteiger partial charge in [0.1, 0.15) is 0 Å². The van der Waals surface area contributed by atoms with Crippen LogP contribution in [0.15, 0.2) is 47.8 Å². The van der Waals surface area contributed by atoms with Crippen molar-refractivity contribution in [3.05, 3.63) is 58.3 Å². The number of thiophene rings is 1. The van der Waals surface area contributed by atoms with E-state index in [9.17, 15) is 9.59 Å². The smallest absolute Gasteiger partial charge is 0.225 e. The Morgan fingerprint density at radius 2 is 1.93 bits per heavy atom. The number of likely N-dealkylation sites (tertiary alicyclic amines) is 1. The normalized spacial score (nSPS) is 20.7. The first kappa shape index (κ1) is 20.1. The van der Waals surface area contributed by atoms with Gasteiger partial charge in [-0.25, -0.2) is 0 Å². The van der Waals surface area contributed by atoms with Crippen molar-refractivity contribution in [2.45, 2.75) is 32.2 Å². The molecule has 1 spiro atoms. The van der Waals surface area contributed by atoms with Gasteiger partial charge in [0.05, 0.1) is 12.5 Å². The minimum absolute atomic E-state index is 0.0682. The van der Waals surface area contributed by atoms with Crippen LogP contribution in [0.1, 0.15) is 29.7 Å². The molecule has 29 heavy (non-hydrogen) atoms. The average molecular weight is 413 g/mol. The number of ether oxygens (including phenoxy) is 1. The van der Waals surface area contributed by atoms with Gasteiger partial charge in [-0.15, -0.1) is 11.3 Å². The SMILES string of the molecule is O=C(NCc1cccs1)[C@H]1CN(C(=O)CCc2ccccc2)CC12CCOCC2. The van der Waals surface area contributed by atoms with Crippen LogP contribution in [-0.2, 0) is 27.3 Å². The van der Waals surface area contributed by atoms with Crippen LogP contribution in [0.5, 0.6) is 0 Å². The highest BCUT2D eigenvalue weighted by Crippen LogP contribution is 2.44. The second kappa shape index (κ2) is 9.09. The Balaban J connectivity index is 1.40. The van der Waals surface area contributed by atoms with Crippen LogP contribution in [-0.4, -0.2) is 43.0 Å². The van der Waals surface area contributed by atoms with Gasteiger partial charge in [-0.1, -0.05) is 36.4 Å². The van der Waals surface area contributed by atoms with Gasteiger partial charge in [0.25, 0.3) is 0 Å². The van der Waals surface area contributed by atoms with Gasteiger partial charge in [0.2, 0.25) is 11.8 Å². The Labute approximate surface area is 176 Å². The van der Waals surface area contributed by atoms with E-state index in [0.717, 1.165) is 24.1 Å². The molecule has 154 valence electrons. The molecular formula is C23H28N2O3S. The number of benzene rings is 1. The lowest BCUT2D eigenvalue weighted by molar-refractivity contribution is -0.130. The van der Waals surface area contributed by atoms with Crippen molar-refractivity contribution in [1.29, 1.82) is 0 Å². The number of nitrogens with zero attached hydrogens (tertiary/aromatic N) is 1. The summed E-state index contributed by atoms with van der Waals surface area (Å²) in [4.78, 5) is 29.1. The quantitative estimate of drug-likeness (QED) is 0.792. The predicted octanol–water partition coefficient (Wildman–Crippen LogP) is 3.25. The van der Waals surface area contributed by atoms with E-state index in [2.05, 4.69) is 17.4 Å². The Morgan fingerprint density at radius 3 is 2.66 bits per heavy atom. The van der Waals surface area contributed by atoms with Crippen molar-refractivity contribution >= 4 is 23.2 Å². The topological polar surface area (TPSA) is 58.6 Å². The van der Waals surface area contributed by atoms with Crippen molar-refractivity contribution in [2.75, 3.05) is 26.3 Å². The molecule has 1 aromatic carbocycles. The molecule has 2 fully saturated rings. The standard InChI is InChI=1S/C23H28N2O3S/c26-21(9-8-18-5-2-1-3-6-18)25-16-20(23(17-25)10-12-28-13-11-23)22(27)24-15-19-7-4-14-29-19/h1-7,14,20H,8-13,15-17H2,(H,24,27)/t20-/m1/s1. The zero-order chi connectivity index (χ0) is 20.1. The van der Waals surface area contributed by atoms with Crippen LogP contribution < -0.4 is 5.32 Å². The van der Waals surface area contributed by atoms with Gasteiger partial charge >= 0.3 is 0 Å². The summed E-state index contributed by atoms with van der Waals surface area (Å²) < 4.78 is 5.57. The summed E-state index contributed by atoms with van der Waals surface area (Å²) in [6.45, 7) is 3.08. The van der Waals surface area contributed by atoms with Crippen LogP contribution in [0, 0.1) is 11.3 Å². The first-order chi connectivity index (χ1) is 14.2. The number of hydrogen-bond acceptors (Lipinski definition) is 4. The van der Waals surface area contributed by atoms with Crippen molar-refractivity contribution < 1.29 is 14.3 Å². The molecule has 2 aromatic rings. The second-order valence-corrected chi connectivity index (χ2v) is 9.12. The zero-order valence-electron chi connectivity index (χ0n) is 16.6. The molecule has 1 N–H and O–H groups in total. The Morgan fingerprint density at radius 1 is 1.14 bits per heavy atom. The highest BCUT2D eigenvalue weighted by atomic mass is 32.1. The molecule has 0 saturated carbocycles. The summed E-state index contributed by atoms with van der Waals surface area (Å²) in [6.07, 6.45) is 2.90. The van der Waals surface area contributed by atoms with Crippen molar-refractivity contribution in [3.63, 3.8) is 0 Å². The molecular weight excluding hydrogens is 384 g/mol. The molecule has 0 bridgehead atoms. The molecule has 2 aliphatic rings. The summed E-state index contributed by atoms with van der Waals surface area (Å²) >= 11 is 1.65. The lowest BCUT2D eigenvalue weighted by Crippen LogP contribution is -2.44. The van der Waals surface area contributed by atoms with Crippen LogP contribution in [0.2, 0.25) is 0 Å². The molecule has 0 aliphatic carbocycles. The number of carbonyl (C=O) groups excluding carboxylic acids is 2. The maximum absolute atomic E-state index is 13.1. The number of carbonyl (C=O) groups is 2. The third-order valence-electron chi connectivity index (χ3n) is 6.29. The fourth-order valence-electron chi connectivity index (χ4n) is 4.57. The third kappa shape index (κ3) is 4.70. The Hall–Kier alpha value is -2.18. The minimum Gasteiger partial charge on any atom is -0.381 e. The van der Waals surface area contributed by atoms with Crippen molar-refractivity contribution in [3.8, 4) is 0 Å². The number of aryl methyl sites for hydroxylation is 1. The third-order valence-corrected chi connectivity index (χ3v) is 7.17. The van der Waals surface area contributed by atoms with Gasteiger partial charge in [-0.05, 0) is 36.3 Å². The molecule has 2 saturated heterocycles. The lowest BCUT2D eigenvalue weighted by Gasteiger charge is -2.37. The number of amides is 2. The maximum Gasteiger partial charge on any atom is 0.225 e. The van der Waals surface area contributed by atoms with Crippen LogP contribution in [0.25, 0.3) is 0 Å². The van der Waals surface area contributed by atoms with Gasteiger partial charge in [0.15, 0.2) is 0 Å². The molecule has 2 amide bonds. The van der Waals surface area contributed by atoms with E-state index in [-0.39, 0.29) is 23.1 Å². The molecule has 2 aliphatic heterocycles. The molecule has 5 nitrogen and oxygen atoms in total. The van der Waals surface area contributed by atoms with Gasteiger partial charge < -0.3 is 15.0 Å². The molecule has 6 heteroatoms. The Kier molecular flexibility index (Phi) is 6.31. The van der Waals surface area contributed by atoms with Crippen LogP contribution in [0.3, 0.4) is 0 Å². The first-order valence-corrected chi connectivity index (χ1v) is 11.2. The predicted molar refractivity (Wildman–Crippen MR) is 113 cm³/mol. The zero-order valence-corrected chi connectivity index (χ0v) is 17.5. The summed E-state index contributed by atoms with van der Waals surface area (Å²) in [5.41, 5.74) is 1.02. The fourth-order valence-corrected chi connectivity index (χ4v) is 5.21. The fraction of sp³-hybridized carbons (Fsp3) is 0.478. The first-order valence-electron chi connectivity index (χ1n) is 10.4. The molecule has 1 atom stereocenters. The highest BCUT2D eigenvalue weighted by Gasteiger charge is 2.51. The summed E-state index contributed by atoms with van der Waals surface area (Å²) in [5, 5.41) is 5.13. The molecule has 0 unspecified atom stereocenters. The summed E-state index contributed by atoms with van der Waals surface area (Å²) in [6, 6.07) is 14.1. The van der Waals surface area contributed by atoms with E-state index in [1.54, 1.807) is 11.3 Å². The summed E-state index contributed by atoms with van der Waals surface area (Å²) in [7, 11) is 0. The summed E-state index contributed by atoms with van der Waals surface area (Å²) in [5.74, 6) is 0.0546. The Bertz CT molecular complexity index is 816. The number of rotatable bonds is 6. The van der Waals surface area contributed by atoms with Crippen molar-refractivity contribution in [2.24, 2.45) is 11.3 Å². The molecule has 1 aromatic heterocycles. The van der Waals surface area contributed by atoms with E-state index >= 15 is 0 Å². The van der Waals surface area contributed by atoms with E-state index in [1.165, 1.54) is 5.56 Å². The van der Waals surface area contributed by atoms with Gasteiger partial charge in [-0.2, -0.15) is 0 Å². The minimum atomic E-state index is -0.160. The largest absolute Gasteiger partial charge is 0.381 e. The molecule has 4 rings (SSSR count). The number of nitrogens with one attached hydrogen (secondary N) is 1. The van der Waals surface area contributed by atoms with E-state index in [0.29, 0.717) is 39.3 Å². The van der Waals surface area contributed by atoms with E-state index in [4.69, 9.17) is 4.74 Å².